The van der Waals surface area contributed by atoms with Gasteiger partial charge < -0.3 is 9.47 Å². The van der Waals surface area contributed by atoms with E-state index in [9.17, 15) is 9.18 Å². The third-order valence-electron chi connectivity index (χ3n) is 3.94. The lowest BCUT2D eigenvalue weighted by Crippen LogP contribution is -2.20. The fraction of sp³-hybridized carbons (Fsp3) is 0.211. The van der Waals surface area contributed by atoms with Gasteiger partial charge in [0.25, 0.3) is 0 Å². The second-order valence-corrected chi connectivity index (χ2v) is 6.20. The Balaban J connectivity index is 2.12. The Morgan fingerprint density at radius 3 is 2.42 bits per heavy atom. The number of rotatable bonds is 4. The van der Waals surface area contributed by atoms with Crippen LogP contribution < -0.4 is 4.74 Å². The van der Waals surface area contributed by atoms with E-state index in [2.05, 4.69) is 0 Å². The molecule has 1 aliphatic rings. The largest absolute Gasteiger partial charge is 0.497 e. The summed E-state index contributed by atoms with van der Waals surface area (Å²) >= 11 is 1.35. The molecule has 1 aliphatic heterocycles. The van der Waals surface area contributed by atoms with Crippen LogP contribution >= 0.6 is 11.8 Å². The van der Waals surface area contributed by atoms with E-state index in [1.54, 1.807) is 25.3 Å². The average Bonchev–Trinajstić information content (AvgIpc) is 2.61. The maximum atomic E-state index is 14.1. The van der Waals surface area contributed by atoms with Crippen LogP contribution in [0.25, 0.3) is 11.1 Å². The van der Waals surface area contributed by atoms with Crippen molar-refractivity contribution in [3.8, 4) is 5.75 Å². The van der Waals surface area contributed by atoms with Gasteiger partial charge in [0.2, 0.25) is 0 Å². The average molecular weight is 344 g/mol. The van der Waals surface area contributed by atoms with Crippen LogP contribution in [0.4, 0.5) is 4.39 Å². The number of hydrogen-bond acceptors (Lipinski definition) is 4. The highest BCUT2D eigenvalue weighted by Crippen LogP contribution is 2.33. The zero-order valence-electron chi connectivity index (χ0n) is 13.5. The molecular formula is C19H17FO3S. The molecule has 0 spiro atoms. The summed E-state index contributed by atoms with van der Waals surface area (Å²) in [5.41, 5.74) is 2.75. The van der Waals surface area contributed by atoms with E-state index in [-0.39, 0.29) is 24.8 Å². The van der Waals surface area contributed by atoms with Crippen molar-refractivity contribution in [1.82, 2.24) is 0 Å². The first-order valence-electron chi connectivity index (χ1n) is 7.46. The molecule has 0 atom stereocenters. The van der Waals surface area contributed by atoms with Crippen molar-refractivity contribution in [2.24, 2.45) is 0 Å². The van der Waals surface area contributed by atoms with Gasteiger partial charge in [-0.2, -0.15) is 0 Å². The molecule has 24 heavy (non-hydrogen) atoms. The van der Waals surface area contributed by atoms with Gasteiger partial charge in [0.05, 0.1) is 13.7 Å². The van der Waals surface area contributed by atoms with Crippen LogP contribution in [-0.2, 0) is 9.53 Å². The first-order chi connectivity index (χ1) is 11.6. The zero-order valence-corrected chi connectivity index (χ0v) is 14.3. The van der Waals surface area contributed by atoms with E-state index in [1.807, 2.05) is 24.5 Å². The van der Waals surface area contributed by atoms with Crippen molar-refractivity contribution in [3.05, 3.63) is 59.4 Å². The molecule has 1 heterocycles. The molecule has 0 radical (unpaired) electrons. The molecular weight excluding hydrogens is 327 g/mol. The van der Waals surface area contributed by atoms with Gasteiger partial charge in [0.15, 0.2) is 5.78 Å². The maximum absolute atomic E-state index is 14.1. The highest BCUT2D eigenvalue weighted by Gasteiger charge is 2.24. The lowest BCUT2D eigenvalue weighted by atomic mass is 9.91. The van der Waals surface area contributed by atoms with Gasteiger partial charge in [-0.05, 0) is 47.2 Å². The van der Waals surface area contributed by atoms with Gasteiger partial charge in [0, 0.05) is 10.5 Å². The third kappa shape index (κ3) is 3.23. The van der Waals surface area contributed by atoms with Gasteiger partial charge in [-0.3, -0.25) is 4.79 Å². The SMILES string of the molecule is COc1ccc(C2=C(c3ccc(SC)c(F)c3)COCC2=O)cc1. The molecule has 3 rings (SSSR count). The van der Waals surface area contributed by atoms with E-state index in [0.717, 1.165) is 11.3 Å². The smallest absolute Gasteiger partial charge is 0.189 e. The van der Waals surface area contributed by atoms with Crippen LogP contribution in [0.3, 0.4) is 0 Å². The minimum atomic E-state index is -0.292. The molecule has 0 bridgehead atoms. The number of hydrogen-bond donors (Lipinski definition) is 0. The van der Waals surface area contributed by atoms with Crippen molar-refractivity contribution in [1.29, 1.82) is 0 Å². The standard InChI is InChI=1S/C19H17FO3S/c1-22-14-6-3-12(4-7-14)19-15(10-23-11-17(19)21)13-5-8-18(24-2)16(20)9-13/h3-9H,10-11H2,1-2H3. The van der Waals surface area contributed by atoms with Crippen LogP contribution in [0.5, 0.6) is 5.75 Å². The van der Waals surface area contributed by atoms with Crippen LogP contribution in [0.2, 0.25) is 0 Å². The Morgan fingerprint density at radius 2 is 1.79 bits per heavy atom. The van der Waals surface area contributed by atoms with Gasteiger partial charge in [-0.25, -0.2) is 4.39 Å². The number of Topliss-reactive ketones (excluding diaryl/α,β-unsaturated/α-hetero) is 1. The number of halogens is 1. The quantitative estimate of drug-likeness (QED) is 0.784. The van der Waals surface area contributed by atoms with E-state index >= 15 is 0 Å². The van der Waals surface area contributed by atoms with Crippen LogP contribution in [0, 0.1) is 5.82 Å². The molecule has 0 saturated carbocycles. The van der Waals surface area contributed by atoms with Crippen molar-refractivity contribution >= 4 is 28.7 Å². The number of ketones is 1. The summed E-state index contributed by atoms with van der Waals surface area (Å²) in [6.07, 6.45) is 1.83. The molecule has 0 N–H and O–H groups in total. The first-order valence-corrected chi connectivity index (χ1v) is 8.69. The predicted molar refractivity (Wildman–Crippen MR) is 93.8 cm³/mol. The highest BCUT2D eigenvalue weighted by atomic mass is 32.2. The van der Waals surface area contributed by atoms with Gasteiger partial charge in [-0.15, -0.1) is 11.8 Å². The minimum Gasteiger partial charge on any atom is -0.497 e. The second-order valence-electron chi connectivity index (χ2n) is 5.35. The molecule has 0 fully saturated rings. The maximum Gasteiger partial charge on any atom is 0.189 e. The Morgan fingerprint density at radius 1 is 1.08 bits per heavy atom. The summed E-state index contributed by atoms with van der Waals surface area (Å²) < 4.78 is 24.7. The van der Waals surface area contributed by atoms with E-state index in [0.29, 0.717) is 21.6 Å². The first kappa shape index (κ1) is 16.7. The normalized spacial score (nSPS) is 14.9. The molecule has 0 saturated heterocycles. The van der Waals surface area contributed by atoms with Gasteiger partial charge in [0.1, 0.15) is 18.2 Å². The zero-order chi connectivity index (χ0) is 17.1. The van der Waals surface area contributed by atoms with Gasteiger partial charge in [-0.1, -0.05) is 18.2 Å². The molecule has 0 aromatic heterocycles. The fourth-order valence-electron chi connectivity index (χ4n) is 2.73. The monoisotopic (exact) mass is 344 g/mol. The lowest BCUT2D eigenvalue weighted by Gasteiger charge is -2.21. The van der Waals surface area contributed by atoms with E-state index in [4.69, 9.17) is 9.47 Å². The highest BCUT2D eigenvalue weighted by molar-refractivity contribution is 7.98. The van der Waals surface area contributed by atoms with Crippen LogP contribution in [0.1, 0.15) is 11.1 Å². The summed E-state index contributed by atoms with van der Waals surface area (Å²) in [4.78, 5) is 13.0. The van der Waals surface area contributed by atoms with E-state index in [1.165, 1.54) is 17.8 Å². The van der Waals surface area contributed by atoms with Crippen molar-refractivity contribution in [2.75, 3.05) is 26.6 Å². The van der Waals surface area contributed by atoms with Crippen molar-refractivity contribution < 1.29 is 18.7 Å². The van der Waals surface area contributed by atoms with E-state index < -0.39 is 0 Å². The summed E-state index contributed by atoms with van der Waals surface area (Å²) in [7, 11) is 1.59. The molecule has 0 unspecified atom stereocenters. The summed E-state index contributed by atoms with van der Waals surface area (Å²) in [6, 6.07) is 12.3. The molecule has 2 aromatic carbocycles. The lowest BCUT2D eigenvalue weighted by molar-refractivity contribution is -0.118. The second kappa shape index (κ2) is 7.20. The van der Waals surface area contributed by atoms with Crippen molar-refractivity contribution in [2.45, 2.75) is 4.90 Å². The topological polar surface area (TPSA) is 35.5 Å². The number of methoxy groups -OCH3 is 1. The summed E-state index contributed by atoms with van der Waals surface area (Å²) in [6.45, 7) is 0.321. The van der Waals surface area contributed by atoms with Gasteiger partial charge >= 0.3 is 0 Å². The fourth-order valence-corrected chi connectivity index (χ4v) is 3.19. The number of thioether (sulfide) groups is 1. The summed E-state index contributed by atoms with van der Waals surface area (Å²) in [5.74, 6) is 0.325. The van der Waals surface area contributed by atoms with Crippen LogP contribution in [0.15, 0.2) is 47.4 Å². The predicted octanol–water partition coefficient (Wildman–Crippen LogP) is 4.07. The molecule has 0 amide bonds. The number of ether oxygens (including phenoxy) is 2. The summed E-state index contributed by atoms with van der Waals surface area (Å²) in [5, 5.41) is 0. The Bertz CT molecular complexity index is 797. The minimum absolute atomic E-state index is 0.0379. The molecule has 3 nitrogen and oxygen atoms in total. The number of carbonyl (C=O) groups is 1. The molecule has 0 aliphatic carbocycles. The Kier molecular flexibility index (Phi) is 5.02. The molecule has 2 aromatic rings. The van der Waals surface area contributed by atoms with Crippen LogP contribution in [-0.4, -0.2) is 32.4 Å². The van der Waals surface area contributed by atoms with Crippen molar-refractivity contribution in [3.63, 3.8) is 0 Å². The molecule has 124 valence electrons. The number of carbonyl (C=O) groups excluding carboxylic acids is 1. The Hall–Kier alpha value is -2.11. The number of benzene rings is 2. The Labute approximate surface area is 144 Å². The molecule has 5 heteroatoms. The third-order valence-corrected chi connectivity index (χ3v) is 4.71.